The summed E-state index contributed by atoms with van der Waals surface area (Å²) in [5, 5.41) is 5.76. The zero-order chi connectivity index (χ0) is 19.0. The van der Waals surface area contributed by atoms with E-state index in [1.165, 1.54) is 5.56 Å². The minimum absolute atomic E-state index is 0.243. The number of nitrogens with one attached hydrogen (secondary N) is 2. The minimum Gasteiger partial charge on any atom is -0.355 e. The van der Waals surface area contributed by atoms with E-state index < -0.39 is 5.41 Å². The second kappa shape index (κ2) is 9.18. The molecule has 138 valence electrons. The maximum Gasteiger partial charge on any atom is 0.235 e. The number of carbonyl (C=O) groups excluding carboxylic acids is 2. The highest BCUT2D eigenvalue weighted by Crippen LogP contribution is 2.16. The van der Waals surface area contributed by atoms with Gasteiger partial charge in [0.25, 0.3) is 0 Å². The van der Waals surface area contributed by atoms with E-state index in [1.54, 1.807) is 13.8 Å². The zero-order valence-corrected chi connectivity index (χ0v) is 15.8. The smallest absolute Gasteiger partial charge is 0.235 e. The molecular formula is C22H28N2O2. The topological polar surface area (TPSA) is 58.2 Å². The van der Waals surface area contributed by atoms with Crippen LogP contribution < -0.4 is 10.6 Å². The van der Waals surface area contributed by atoms with Crippen molar-refractivity contribution in [2.75, 3.05) is 6.54 Å². The van der Waals surface area contributed by atoms with Crippen LogP contribution in [0.15, 0.2) is 54.6 Å². The van der Waals surface area contributed by atoms with Gasteiger partial charge in [0.2, 0.25) is 11.8 Å². The summed E-state index contributed by atoms with van der Waals surface area (Å²) in [7, 11) is 0. The Labute approximate surface area is 156 Å². The molecule has 0 aromatic heterocycles. The van der Waals surface area contributed by atoms with Gasteiger partial charge in [-0.1, -0.05) is 54.6 Å². The van der Waals surface area contributed by atoms with E-state index in [0.717, 1.165) is 24.0 Å². The van der Waals surface area contributed by atoms with Gasteiger partial charge >= 0.3 is 0 Å². The fourth-order valence-corrected chi connectivity index (χ4v) is 2.67. The van der Waals surface area contributed by atoms with Gasteiger partial charge in [-0.25, -0.2) is 0 Å². The lowest BCUT2D eigenvalue weighted by molar-refractivity contribution is -0.141. The second-order valence-corrected chi connectivity index (χ2v) is 7.08. The van der Waals surface area contributed by atoms with E-state index in [4.69, 9.17) is 0 Å². The monoisotopic (exact) mass is 352 g/mol. The maximum absolute atomic E-state index is 12.5. The molecule has 0 bridgehead atoms. The van der Waals surface area contributed by atoms with Crippen LogP contribution >= 0.6 is 0 Å². The minimum atomic E-state index is -1.10. The number of rotatable bonds is 8. The number of hydrogen-bond donors (Lipinski definition) is 2. The summed E-state index contributed by atoms with van der Waals surface area (Å²) >= 11 is 0. The molecule has 4 heteroatoms. The molecule has 0 atom stereocenters. The van der Waals surface area contributed by atoms with Gasteiger partial charge < -0.3 is 10.6 Å². The molecular weight excluding hydrogens is 324 g/mol. The molecule has 0 aliphatic rings. The summed E-state index contributed by atoms with van der Waals surface area (Å²) in [6.07, 6.45) is 1.75. The van der Waals surface area contributed by atoms with Crippen molar-refractivity contribution in [1.82, 2.24) is 10.6 Å². The number of hydrogen-bond acceptors (Lipinski definition) is 2. The van der Waals surface area contributed by atoms with Crippen molar-refractivity contribution in [3.63, 3.8) is 0 Å². The van der Waals surface area contributed by atoms with Gasteiger partial charge in [-0.15, -0.1) is 0 Å². The quantitative estimate of drug-likeness (QED) is 0.565. The molecule has 26 heavy (non-hydrogen) atoms. The molecule has 0 aliphatic heterocycles. The average molecular weight is 352 g/mol. The van der Waals surface area contributed by atoms with Crippen LogP contribution in [0, 0.1) is 12.3 Å². The fraction of sp³-hybridized carbons (Fsp3) is 0.364. The lowest BCUT2D eigenvalue weighted by Crippen LogP contribution is -2.47. The highest BCUT2D eigenvalue weighted by atomic mass is 16.2. The second-order valence-electron chi connectivity index (χ2n) is 7.08. The molecule has 0 aliphatic carbocycles. The van der Waals surface area contributed by atoms with Crippen molar-refractivity contribution in [2.24, 2.45) is 5.41 Å². The Balaban J connectivity index is 1.78. The van der Waals surface area contributed by atoms with Crippen LogP contribution in [-0.4, -0.2) is 18.4 Å². The highest BCUT2D eigenvalue weighted by molar-refractivity contribution is 6.04. The molecule has 2 rings (SSSR count). The molecule has 0 radical (unpaired) electrons. The van der Waals surface area contributed by atoms with Gasteiger partial charge in [0, 0.05) is 13.1 Å². The van der Waals surface area contributed by atoms with Gasteiger partial charge in [0.15, 0.2) is 0 Å². The average Bonchev–Trinajstić information content (AvgIpc) is 2.65. The normalized spacial score (nSPS) is 11.0. The molecule has 2 amide bonds. The van der Waals surface area contributed by atoms with Crippen molar-refractivity contribution in [3.8, 4) is 0 Å². The summed E-state index contributed by atoms with van der Waals surface area (Å²) < 4.78 is 0. The predicted octanol–water partition coefficient (Wildman–Crippen LogP) is 3.39. The first-order valence-corrected chi connectivity index (χ1v) is 9.06. The van der Waals surface area contributed by atoms with E-state index in [1.807, 2.05) is 49.4 Å². The van der Waals surface area contributed by atoms with Crippen molar-refractivity contribution in [1.29, 1.82) is 0 Å². The molecule has 0 unspecified atom stereocenters. The molecule has 2 N–H and O–H groups in total. The van der Waals surface area contributed by atoms with E-state index in [-0.39, 0.29) is 11.8 Å². The molecule has 0 fully saturated rings. The fourth-order valence-electron chi connectivity index (χ4n) is 2.67. The van der Waals surface area contributed by atoms with E-state index >= 15 is 0 Å². The number of aryl methyl sites for hydroxylation is 2. The standard InChI is InChI=1S/C22H28N2O2/c1-17-10-7-8-14-19(17)16-24-21(26)22(2,3)20(25)23-15-9-13-18-11-5-4-6-12-18/h4-8,10-12,14H,9,13,15-16H2,1-3H3,(H,23,25)(H,24,26). The van der Waals surface area contributed by atoms with E-state index in [9.17, 15) is 9.59 Å². The SMILES string of the molecule is Cc1ccccc1CNC(=O)C(C)(C)C(=O)NCCCc1ccccc1. The molecule has 2 aromatic rings. The van der Waals surface area contributed by atoms with Crippen molar-refractivity contribution >= 4 is 11.8 Å². The molecule has 2 aromatic carbocycles. The number of amides is 2. The first-order valence-electron chi connectivity index (χ1n) is 9.06. The van der Waals surface area contributed by atoms with Gasteiger partial charge in [0.1, 0.15) is 5.41 Å². The molecule has 0 spiro atoms. The Bertz CT molecular complexity index is 739. The summed E-state index contributed by atoms with van der Waals surface area (Å²) in [5.74, 6) is -0.505. The Kier molecular flexibility index (Phi) is 6.96. The van der Waals surface area contributed by atoms with Crippen LogP contribution in [0.4, 0.5) is 0 Å². The van der Waals surface area contributed by atoms with Crippen LogP contribution in [0.25, 0.3) is 0 Å². The largest absolute Gasteiger partial charge is 0.355 e. The van der Waals surface area contributed by atoms with Crippen LogP contribution in [-0.2, 0) is 22.6 Å². The Hall–Kier alpha value is -2.62. The van der Waals surface area contributed by atoms with Crippen LogP contribution in [0.2, 0.25) is 0 Å². The summed E-state index contributed by atoms with van der Waals surface area (Å²) in [6, 6.07) is 18.1. The number of benzene rings is 2. The Morgan fingerprint density at radius 2 is 1.50 bits per heavy atom. The molecule has 0 heterocycles. The van der Waals surface area contributed by atoms with Gasteiger partial charge in [-0.05, 0) is 50.3 Å². The first-order chi connectivity index (χ1) is 12.4. The van der Waals surface area contributed by atoms with Gasteiger partial charge in [0.05, 0.1) is 0 Å². The highest BCUT2D eigenvalue weighted by Gasteiger charge is 2.35. The third-order valence-electron chi connectivity index (χ3n) is 4.61. The number of carbonyl (C=O) groups is 2. The van der Waals surface area contributed by atoms with Crippen LogP contribution in [0.5, 0.6) is 0 Å². The molecule has 0 saturated carbocycles. The van der Waals surface area contributed by atoms with Gasteiger partial charge in [-0.2, -0.15) is 0 Å². The summed E-state index contributed by atoms with van der Waals surface area (Å²) in [5.41, 5.74) is 2.32. The van der Waals surface area contributed by atoms with Crippen LogP contribution in [0.3, 0.4) is 0 Å². The lowest BCUT2D eigenvalue weighted by atomic mass is 9.90. The Morgan fingerprint density at radius 3 is 2.19 bits per heavy atom. The molecule has 0 saturated heterocycles. The van der Waals surface area contributed by atoms with E-state index in [0.29, 0.717) is 13.1 Å². The van der Waals surface area contributed by atoms with Gasteiger partial charge in [-0.3, -0.25) is 9.59 Å². The first kappa shape index (κ1) is 19.7. The zero-order valence-electron chi connectivity index (χ0n) is 15.8. The predicted molar refractivity (Wildman–Crippen MR) is 105 cm³/mol. The van der Waals surface area contributed by atoms with Crippen molar-refractivity contribution in [3.05, 3.63) is 71.3 Å². The van der Waals surface area contributed by atoms with Crippen molar-refractivity contribution < 1.29 is 9.59 Å². The van der Waals surface area contributed by atoms with Crippen LogP contribution in [0.1, 0.15) is 37.0 Å². The third-order valence-corrected chi connectivity index (χ3v) is 4.61. The summed E-state index contributed by atoms with van der Waals surface area (Å²) in [6.45, 7) is 6.31. The van der Waals surface area contributed by atoms with Crippen molar-refractivity contribution in [2.45, 2.75) is 40.2 Å². The van der Waals surface area contributed by atoms with E-state index in [2.05, 4.69) is 22.8 Å². The lowest BCUT2D eigenvalue weighted by Gasteiger charge is -2.23. The third kappa shape index (κ3) is 5.45. The summed E-state index contributed by atoms with van der Waals surface area (Å²) in [4.78, 5) is 24.9. The molecule has 4 nitrogen and oxygen atoms in total. The maximum atomic E-state index is 12.5. The Morgan fingerprint density at radius 1 is 0.885 bits per heavy atom.